The Balaban J connectivity index is 1.10. The first kappa shape index (κ1) is 27.1. The first-order valence-electron chi connectivity index (χ1n) is 17.1. The van der Waals surface area contributed by atoms with Crippen LogP contribution >= 0.6 is 0 Å². The minimum absolute atomic E-state index is 0.0224. The SMILES string of the molecule is c1ccc(-c2nc(-c3ccccc3)nc(-c3cccc(-c4ccc5c(c4)C4(c6ccccc6O5)C5CC6CC(C5)CC4C6)c3)n2)cc1. The maximum Gasteiger partial charge on any atom is 0.164 e. The number of nitrogens with zero attached hydrogens (tertiary/aromatic N) is 3. The van der Waals surface area contributed by atoms with E-state index in [2.05, 4.69) is 91.0 Å². The molecule has 228 valence electrons. The summed E-state index contributed by atoms with van der Waals surface area (Å²) < 4.78 is 6.68. The van der Waals surface area contributed by atoms with E-state index >= 15 is 0 Å². The van der Waals surface area contributed by atoms with Gasteiger partial charge in [0.15, 0.2) is 17.5 Å². The van der Waals surface area contributed by atoms with Crippen LogP contribution in [0.5, 0.6) is 11.5 Å². The molecule has 4 saturated carbocycles. The molecule has 2 heterocycles. The summed E-state index contributed by atoms with van der Waals surface area (Å²) in [6.45, 7) is 0. The van der Waals surface area contributed by atoms with Gasteiger partial charge in [-0.2, -0.15) is 0 Å². The van der Waals surface area contributed by atoms with Gasteiger partial charge in [-0.3, -0.25) is 0 Å². The van der Waals surface area contributed by atoms with Crippen molar-refractivity contribution >= 4 is 0 Å². The average molecular weight is 610 g/mol. The molecule has 4 nitrogen and oxygen atoms in total. The molecule has 0 amide bonds. The highest BCUT2D eigenvalue weighted by Crippen LogP contribution is 2.68. The first-order valence-corrected chi connectivity index (χ1v) is 17.1. The van der Waals surface area contributed by atoms with Gasteiger partial charge in [0, 0.05) is 33.2 Å². The summed E-state index contributed by atoms with van der Waals surface area (Å²) >= 11 is 0. The van der Waals surface area contributed by atoms with Crippen LogP contribution in [0.25, 0.3) is 45.3 Å². The van der Waals surface area contributed by atoms with E-state index in [9.17, 15) is 0 Å². The van der Waals surface area contributed by atoms with Gasteiger partial charge in [0.1, 0.15) is 11.5 Å². The van der Waals surface area contributed by atoms with E-state index in [1.54, 1.807) is 0 Å². The zero-order valence-corrected chi connectivity index (χ0v) is 26.2. The van der Waals surface area contributed by atoms with Gasteiger partial charge < -0.3 is 4.74 Å². The van der Waals surface area contributed by atoms with Gasteiger partial charge in [0.05, 0.1) is 0 Å². The van der Waals surface area contributed by atoms with Gasteiger partial charge in [0.25, 0.3) is 0 Å². The van der Waals surface area contributed by atoms with E-state index in [0.717, 1.165) is 45.6 Å². The molecule has 4 heteroatoms. The summed E-state index contributed by atoms with van der Waals surface area (Å²) in [5.41, 5.74) is 8.12. The standard InChI is InChI=1S/C43H35N3O/c1-3-10-29(11-4-1)40-44-41(30-12-5-2-6-13-30)46-42(45-40)33-15-9-14-31(25-33)32-18-19-39-37(26-32)43(36-16-7-8-17-38(36)47-39)34-21-27-20-28(23-34)24-35(43)22-27/h1-19,25-28,34-35H,20-24H2. The third-order valence-electron chi connectivity index (χ3n) is 11.6. The molecule has 4 fully saturated rings. The lowest BCUT2D eigenvalue weighted by atomic mass is 9.41. The van der Waals surface area contributed by atoms with Crippen LogP contribution in [-0.4, -0.2) is 15.0 Å². The Bertz CT molecular complexity index is 2050. The van der Waals surface area contributed by atoms with Crippen molar-refractivity contribution in [3.63, 3.8) is 0 Å². The minimum atomic E-state index is 0.0224. The zero-order chi connectivity index (χ0) is 31.0. The van der Waals surface area contributed by atoms with Gasteiger partial charge in [-0.1, -0.05) is 103 Å². The van der Waals surface area contributed by atoms with Crippen LogP contribution in [-0.2, 0) is 5.41 Å². The summed E-state index contributed by atoms with van der Waals surface area (Å²) in [6, 6.07) is 44.8. The van der Waals surface area contributed by atoms with Crippen LogP contribution in [0.15, 0.2) is 127 Å². The van der Waals surface area contributed by atoms with Crippen molar-refractivity contribution in [2.45, 2.75) is 37.5 Å². The van der Waals surface area contributed by atoms with E-state index in [-0.39, 0.29) is 5.41 Å². The fourth-order valence-corrected chi connectivity index (χ4v) is 9.87. The summed E-state index contributed by atoms with van der Waals surface area (Å²) in [5, 5.41) is 0. The van der Waals surface area contributed by atoms with Gasteiger partial charge >= 0.3 is 0 Å². The van der Waals surface area contributed by atoms with Crippen LogP contribution in [0.2, 0.25) is 0 Å². The number of fused-ring (bicyclic) bond motifs is 2. The maximum absolute atomic E-state index is 6.68. The number of hydrogen-bond acceptors (Lipinski definition) is 4. The van der Waals surface area contributed by atoms with Crippen LogP contribution < -0.4 is 4.74 Å². The molecule has 0 N–H and O–H groups in total. The third kappa shape index (κ3) is 4.24. The van der Waals surface area contributed by atoms with Crippen LogP contribution in [0.4, 0.5) is 0 Å². The highest BCUT2D eigenvalue weighted by molar-refractivity contribution is 5.75. The molecule has 1 aromatic heterocycles. The van der Waals surface area contributed by atoms with Crippen molar-refractivity contribution in [2.24, 2.45) is 23.7 Å². The predicted molar refractivity (Wildman–Crippen MR) is 186 cm³/mol. The minimum Gasteiger partial charge on any atom is -0.457 e. The Kier molecular flexibility index (Phi) is 6.03. The molecular formula is C43H35N3O. The summed E-state index contributed by atoms with van der Waals surface area (Å²) in [5.74, 6) is 7.24. The molecule has 0 unspecified atom stereocenters. The molecule has 4 bridgehead atoms. The number of rotatable bonds is 4. The Morgan fingerprint density at radius 1 is 0.426 bits per heavy atom. The fraction of sp³-hybridized carbons (Fsp3) is 0.233. The Morgan fingerprint density at radius 2 is 0.936 bits per heavy atom. The Hall–Kier alpha value is -5.09. The van der Waals surface area contributed by atoms with E-state index < -0.39 is 0 Å². The largest absolute Gasteiger partial charge is 0.457 e. The highest BCUT2D eigenvalue weighted by Gasteiger charge is 2.61. The molecule has 1 aliphatic heterocycles. The Labute approximate surface area is 275 Å². The highest BCUT2D eigenvalue weighted by atomic mass is 16.5. The summed E-state index contributed by atoms with van der Waals surface area (Å²) in [6.07, 6.45) is 6.80. The Morgan fingerprint density at radius 3 is 1.60 bits per heavy atom. The number of hydrogen-bond donors (Lipinski definition) is 0. The second kappa shape index (κ2) is 10.5. The van der Waals surface area contributed by atoms with Gasteiger partial charge in [-0.15, -0.1) is 0 Å². The molecule has 0 radical (unpaired) electrons. The number of aromatic nitrogens is 3. The van der Waals surface area contributed by atoms with Crippen LogP contribution in [0, 0.1) is 23.7 Å². The van der Waals surface area contributed by atoms with E-state index in [1.165, 1.54) is 48.8 Å². The molecule has 11 rings (SSSR count). The van der Waals surface area contributed by atoms with Crippen LogP contribution in [0.1, 0.15) is 43.2 Å². The van der Waals surface area contributed by atoms with Gasteiger partial charge in [0.2, 0.25) is 0 Å². The average Bonchev–Trinajstić information content (AvgIpc) is 3.13. The lowest BCUT2D eigenvalue weighted by Gasteiger charge is -2.63. The van der Waals surface area contributed by atoms with E-state index in [1.807, 2.05) is 36.4 Å². The number of para-hydroxylation sites is 1. The van der Waals surface area contributed by atoms with Gasteiger partial charge in [-0.05, 0) is 91.2 Å². The molecule has 0 saturated heterocycles. The van der Waals surface area contributed by atoms with Crippen molar-refractivity contribution in [1.82, 2.24) is 15.0 Å². The number of ether oxygens (including phenoxy) is 1. The predicted octanol–water partition coefficient (Wildman–Crippen LogP) is 10.4. The topological polar surface area (TPSA) is 47.9 Å². The summed E-state index contributed by atoms with van der Waals surface area (Å²) in [4.78, 5) is 14.9. The van der Waals surface area contributed by atoms with E-state index in [4.69, 9.17) is 19.7 Å². The quantitative estimate of drug-likeness (QED) is 0.200. The third-order valence-corrected chi connectivity index (χ3v) is 11.6. The monoisotopic (exact) mass is 609 g/mol. The maximum atomic E-state index is 6.68. The second-order valence-electron chi connectivity index (χ2n) is 14.1. The van der Waals surface area contributed by atoms with Crippen molar-refractivity contribution in [3.05, 3.63) is 139 Å². The first-order chi connectivity index (χ1) is 23.2. The molecule has 5 aliphatic rings. The second-order valence-corrected chi connectivity index (χ2v) is 14.1. The smallest absolute Gasteiger partial charge is 0.164 e. The van der Waals surface area contributed by atoms with Gasteiger partial charge in [-0.25, -0.2) is 15.0 Å². The molecular weight excluding hydrogens is 574 g/mol. The number of benzene rings is 5. The van der Waals surface area contributed by atoms with Crippen LogP contribution in [0.3, 0.4) is 0 Å². The van der Waals surface area contributed by atoms with Crippen molar-refractivity contribution in [3.8, 4) is 56.8 Å². The van der Waals surface area contributed by atoms with Crippen molar-refractivity contribution in [1.29, 1.82) is 0 Å². The zero-order valence-electron chi connectivity index (χ0n) is 26.2. The normalized spacial score (nSPS) is 24.9. The van der Waals surface area contributed by atoms with Crippen molar-refractivity contribution < 1.29 is 4.74 Å². The van der Waals surface area contributed by atoms with E-state index in [0.29, 0.717) is 29.3 Å². The summed E-state index contributed by atoms with van der Waals surface area (Å²) in [7, 11) is 0. The molecule has 4 aliphatic carbocycles. The molecule has 0 atom stereocenters. The lowest BCUT2D eigenvalue weighted by molar-refractivity contribution is -0.0452. The molecule has 5 aromatic carbocycles. The lowest BCUT2D eigenvalue weighted by Crippen LogP contribution is -2.56. The molecule has 47 heavy (non-hydrogen) atoms. The fourth-order valence-electron chi connectivity index (χ4n) is 9.87. The van der Waals surface area contributed by atoms with Crippen molar-refractivity contribution in [2.75, 3.05) is 0 Å². The molecule has 1 spiro atoms. The molecule has 6 aromatic rings.